The number of benzene rings is 1. The summed E-state index contributed by atoms with van der Waals surface area (Å²) in [5, 5.41) is 0. The average Bonchev–Trinajstić information content (AvgIpc) is 3.00. The minimum absolute atomic E-state index is 0.438. The number of hydrogen-bond acceptors (Lipinski definition) is 3. The van der Waals surface area contributed by atoms with Crippen molar-refractivity contribution in [2.45, 2.75) is 6.54 Å². The van der Waals surface area contributed by atoms with Crippen LogP contribution in [-0.4, -0.2) is 41.9 Å². The molecule has 0 saturated carbocycles. The van der Waals surface area contributed by atoms with E-state index in [2.05, 4.69) is 4.90 Å². The molecule has 0 atom stereocenters. The summed E-state index contributed by atoms with van der Waals surface area (Å²) >= 11 is 0. The van der Waals surface area contributed by atoms with Gasteiger partial charge < -0.3 is 9.32 Å². The molecule has 0 bridgehead atoms. The second-order valence-electron chi connectivity index (χ2n) is 5.24. The third kappa shape index (κ3) is 3.01. The van der Waals surface area contributed by atoms with Crippen LogP contribution < -0.4 is 0 Å². The molecule has 1 aliphatic rings. The lowest BCUT2D eigenvalue weighted by molar-refractivity contribution is 0.0611. The molecule has 0 radical (unpaired) electrons. The molecule has 22 heavy (non-hydrogen) atoms. The molecule has 3 rings (SSSR count). The molecule has 1 aliphatic heterocycles. The largest absolute Gasteiger partial charge is 0.468 e. The molecule has 0 N–H and O–H groups in total. The minimum atomic E-state index is -0.817. The lowest BCUT2D eigenvalue weighted by Crippen LogP contribution is -2.48. The van der Waals surface area contributed by atoms with E-state index in [-0.39, 0.29) is 0 Å². The predicted molar refractivity (Wildman–Crippen MR) is 76.2 cm³/mol. The highest BCUT2D eigenvalue weighted by Gasteiger charge is 2.26. The van der Waals surface area contributed by atoms with E-state index in [1.165, 1.54) is 11.0 Å². The number of amides is 1. The maximum Gasteiger partial charge on any atom is 0.259 e. The van der Waals surface area contributed by atoms with Crippen molar-refractivity contribution in [2.24, 2.45) is 0 Å². The van der Waals surface area contributed by atoms with Crippen molar-refractivity contribution in [3.05, 3.63) is 59.6 Å². The van der Waals surface area contributed by atoms with Gasteiger partial charge in [0.05, 0.1) is 12.8 Å². The molecule has 0 aliphatic carbocycles. The Kier molecular flexibility index (Phi) is 4.20. The number of furan rings is 1. The van der Waals surface area contributed by atoms with Crippen LogP contribution in [0.3, 0.4) is 0 Å². The monoisotopic (exact) mass is 306 g/mol. The predicted octanol–water partition coefficient (Wildman–Crippen LogP) is 2.52. The number of hydrogen-bond donors (Lipinski definition) is 0. The normalized spacial score (nSPS) is 16.0. The van der Waals surface area contributed by atoms with Gasteiger partial charge in [0.2, 0.25) is 0 Å². The highest BCUT2D eigenvalue weighted by atomic mass is 19.1. The van der Waals surface area contributed by atoms with Crippen LogP contribution in [0.25, 0.3) is 0 Å². The van der Waals surface area contributed by atoms with Gasteiger partial charge in [-0.2, -0.15) is 0 Å². The third-order valence-corrected chi connectivity index (χ3v) is 3.80. The summed E-state index contributed by atoms with van der Waals surface area (Å²) in [4.78, 5) is 15.9. The molecule has 4 nitrogen and oxygen atoms in total. The van der Waals surface area contributed by atoms with Gasteiger partial charge in [-0.3, -0.25) is 9.69 Å². The first-order valence-electron chi connectivity index (χ1n) is 7.13. The van der Waals surface area contributed by atoms with Crippen LogP contribution in [0.2, 0.25) is 0 Å². The standard InChI is InChI=1S/C16H16F2N2O2/c17-13-4-1-5-14(18)15(13)16(21)20-8-6-19(7-9-20)11-12-3-2-10-22-12/h1-5,10H,6-9,11H2. The van der Waals surface area contributed by atoms with Crippen LogP contribution in [0, 0.1) is 11.6 Å². The molecule has 1 fully saturated rings. The molecule has 6 heteroatoms. The van der Waals surface area contributed by atoms with E-state index in [1.54, 1.807) is 6.26 Å². The van der Waals surface area contributed by atoms with Gasteiger partial charge in [-0.1, -0.05) is 6.07 Å². The lowest BCUT2D eigenvalue weighted by Gasteiger charge is -2.34. The average molecular weight is 306 g/mol. The first-order valence-corrected chi connectivity index (χ1v) is 7.13. The van der Waals surface area contributed by atoms with E-state index in [1.807, 2.05) is 12.1 Å². The Labute approximate surface area is 126 Å². The van der Waals surface area contributed by atoms with Crippen LogP contribution in [0.1, 0.15) is 16.1 Å². The molecule has 1 saturated heterocycles. The van der Waals surface area contributed by atoms with Gasteiger partial charge in [0.25, 0.3) is 5.91 Å². The van der Waals surface area contributed by atoms with Gasteiger partial charge in [0.15, 0.2) is 0 Å². The Morgan fingerprint density at radius 1 is 1.05 bits per heavy atom. The summed E-state index contributed by atoms with van der Waals surface area (Å²) in [5.74, 6) is -1.36. The van der Waals surface area contributed by atoms with Gasteiger partial charge >= 0.3 is 0 Å². The second kappa shape index (κ2) is 6.27. The highest BCUT2D eigenvalue weighted by molar-refractivity contribution is 5.94. The number of nitrogens with zero attached hydrogens (tertiary/aromatic N) is 2. The molecule has 0 spiro atoms. The zero-order valence-electron chi connectivity index (χ0n) is 12.0. The first-order chi connectivity index (χ1) is 10.6. The van der Waals surface area contributed by atoms with Gasteiger partial charge in [0, 0.05) is 26.2 Å². The maximum atomic E-state index is 13.7. The molecule has 1 aromatic carbocycles. The van der Waals surface area contributed by atoms with Crippen molar-refractivity contribution in [1.82, 2.24) is 9.80 Å². The molecule has 1 aromatic heterocycles. The molecular weight excluding hydrogens is 290 g/mol. The van der Waals surface area contributed by atoms with Crippen molar-refractivity contribution < 1.29 is 18.0 Å². The van der Waals surface area contributed by atoms with E-state index in [0.29, 0.717) is 32.7 Å². The molecule has 2 aromatic rings. The SMILES string of the molecule is O=C(c1c(F)cccc1F)N1CCN(Cc2ccco2)CC1. The Morgan fingerprint density at radius 3 is 2.32 bits per heavy atom. The lowest BCUT2D eigenvalue weighted by atomic mass is 10.1. The first kappa shape index (κ1) is 14.7. The Balaban J connectivity index is 1.62. The van der Waals surface area contributed by atoms with E-state index in [4.69, 9.17) is 4.42 Å². The summed E-state index contributed by atoms with van der Waals surface area (Å²) < 4.78 is 32.6. The van der Waals surface area contributed by atoms with Gasteiger partial charge in [0.1, 0.15) is 23.0 Å². The van der Waals surface area contributed by atoms with E-state index < -0.39 is 23.1 Å². The van der Waals surface area contributed by atoms with Crippen LogP contribution in [0.15, 0.2) is 41.0 Å². The smallest absolute Gasteiger partial charge is 0.259 e. The molecule has 2 heterocycles. The van der Waals surface area contributed by atoms with Gasteiger partial charge in [-0.25, -0.2) is 8.78 Å². The van der Waals surface area contributed by atoms with Crippen molar-refractivity contribution in [3.63, 3.8) is 0 Å². The van der Waals surface area contributed by atoms with Crippen molar-refractivity contribution >= 4 is 5.91 Å². The maximum absolute atomic E-state index is 13.7. The molecule has 1 amide bonds. The molecule has 0 unspecified atom stereocenters. The summed E-state index contributed by atoms with van der Waals surface area (Å²) in [6, 6.07) is 7.18. The number of carbonyl (C=O) groups is 1. The summed E-state index contributed by atoms with van der Waals surface area (Å²) in [7, 11) is 0. The number of rotatable bonds is 3. The Morgan fingerprint density at radius 2 is 1.73 bits per heavy atom. The van der Waals surface area contributed by atoms with Crippen LogP contribution in [0.5, 0.6) is 0 Å². The van der Waals surface area contributed by atoms with Gasteiger partial charge in [-0.05, 0) is 24.3 Å². The second-order valence-corrected chi connectivity index (χ2v) is 5.24. The number of halogens is 2. The van der Waals surface area contributed by atoms with Crippen LogP contribution >= 0.6 is 0 Å². The van der Waals surface area contributed by atoms with E-state index >= 15 is 0 Å². The molecule has 116 valence electrons. The van der Waals surface area contributed by atoms with E-state index in [0.717, 1.165) is 17.9 Å². The number of piperazine rings is 1. The van der Waals surface area contributed by atoms with Crippen LogP contribution in [-0.2, 0) is 6.54 Å². The quantitative estimate of drug-likeness (QED) is 0.874. The van der Waals surface area contributed by atoms with Crippen molar-refractivity contribution in [1.29, 1.82) is 0 Å². The zero-order chi connectivity index (χ0) is 15.5. The Hall–Kier alpha value is -2.21. The van der Waals surface area contributed by atoms with Crippen molar-refractivity contribution in [2.75, 3.05) is 26.2 Å². The van der Waals surface area contributed by atoms with E-state index in [9.17, 15) is 13.6 Å². The van der Waals surface area contributed by atoms with Crippen molar-refractivity contribution in [3.8, 4) is 0 Å². The number of carbonyl (C=O) groups excluding carboxylic acids is 1. The summed E-state index contributed by atoms with van der Waals surface area (Å²) in [6.07, 6.45) is 1.62. The fraction of sp³-hybridized carbons (Fsp3) is 0.312. The minimum Gasteiger partial charge on any atom is -0.468 e. The zero-order valence-corrected chi connectivity index (χ0v) is 12.0. The summed E-state index contributed by atoms with van der Waals surface area (Å²) in [5.41, 5.74) is -0.470. The topological polar surface area (TPSA) is 36.7 Å². The Bertz CT molecular complexity index is 630. The molecular formula is C16H16F2N2O2. The van der Waals surface area contributed by atoms with Crippen LogP contribution in [0.4, 0.5) is 8.78 Å². The summed E-state index contributed by atoms with van der Waals surface area (Å²) in [6.45, 7) is 2.83. The fourth-order valence-electron chi connectivity index (χ4n) is 2.59. The third-order valence-electron chi connectivity index (χ3n) is 3.80. The van der Waals surface area contributed by atoms with Gasteiger partial charge in [-0.15, -0.1) is 0 Å². The fourth-order valence-corrected chi connectivity index (χ4v) is 2.59. The highest BCUT2D eigenvalue weighted by Crippen LogP contribution is 2.17.